The maximum absolute atomic E-state index is 10.1. The molecular weight excluding hydrogens is 224 g/mol. The van der Waals surface area contributed by atoms with E-state index in [1.807, 2.05) is 0 Å². The van der Waals surface area contributed by atoms with Crippen molar-refractivity contribution < 1.29 is 5.11 Å². The van der Waals surface area contributed by atoms with E-state index >= 15 is 0 Å². The Balaban J connectivity index is 1.92. The maximum atomic E-state index is 10.1. The molecule has 1 aromatic heterocycles. The van der Waals surface area contributed by atoms with Crippen molar-refractivity contribution in [2.24, 2.45) is 0 Å². The third-order valence-electron chi connectivity index (χ3n) is 4.67. The van der Waals surface area contributed by atoms with Crippen molar-refractivity contribution in [1.29, 1.82) is 0 Å². The Bertz CT molecular complexity index is 430. The third kappa shape index (κ3) is 1.99. The molecule has 0 radical (unpaired) electrons. The summed E-state index contributed by atoms with van der Waals surface area (Å²) in [6.45, 7) is 4.59. The molecule has 1 aliphatic heterocycles. The minimum atomic E-state index is -0.222. The molecule has 0 amide bonds. The van der Waals surface area contributed by atoms with Crippen molar-refractivity contribution in [3.63, 3.8) is 0 Å². The molecule has 100 valence electrons. The SMILES string of the molecule is Cc1cc2c(n1C1CCN(C)CC1)CCCC2O. The van der Waals surface area contributed by atoms with Gasteiger partial charge < -0.3 is 14.6 Å². The van der Waals surface area contributed by atoms with E-state index in [1.165, 1.54) is 42.9 Å². The van der Waals surface area contributed by atoms with Gasteiger partial charge in [0.25, 0.3) is 0 Å². The molecule has 1 unspecified atom stereocenters. The van der Waals surface area contributed by atoms with Gasteiger partial charge in [0.1, 0.15) is 0 Å². The largest absolute Gasteiger partial charge is 0.388 e. The second-order valence-corrected chi connectivity index (χ2v) is 6.00. The van der Waals surface area contributed by atoms with Crippen molar-refractivity contribution in [2.75, 3.05) is 20.1 Å². The molecule has 3 nitrogen and oxygen atoms in total. The lowest BCUT2D eigenvalue weighted by atomic mass is 9.94. The van der Waals surface area contributed by atoms with Crippen molar-refractivity contribution >= 4 is 0 Å². The van der Waals surface area contributed by atoms with Gasteiger partial charge in [-0.15, -0.1) is 0 Å². The fourth-order valence-corrected chi connectivity index (χ4v) is 3.66. The van der Waals surface area contributed by atoms with E-state index < -0.39 is 0 Å². The van der Waals surface area contributed by atoms with Gasteiger partial charge in [0, 0.05) is 23.0 Å². The zero-order valence-corrected chi connectivity index (χ0v) is 11.5. The Labute approximate surface area is 109 Å². The van der Waals surface area contributed by atoms with Gasteiger partial charge in [-0.05, 0) is 65.2 Å². The molecule has 3 heteroatoms. The van der Waals surface area contributed by atoms with Crippen molar-refractivity contribution in [2.45, 2.75) is 51.2 Å². The topological polar surface area (TPSA) is 28.4 Å². The molecule has 0 spiro atoms. The first-order chi connectivity index (χ1) is 8.66. The number of rotatable bonds is 1. The van der Waals surface area contributed by atoms with Gasteiger partial charge >= 0.3 is 0 Å². The van der Waals surface area contributed by atoms with Crippen molar-refractivity contribution in [1.82, 2.24) is 9.47 Å². The second-order valence-electron chi connectivity index (χ2n) is 6.00. The fraction of sp³-hybridized carbons (Fsp3) is 0.733. The highest BCUT2D eigenvalue weighted by Gasteiger charge is 2.27. The molecule has 1 aromatic rings. The normalized spacial score (nSPS) is 26.3. The standard InChI is InChI=1S/C15H24N2O/c1-11-10-13-14(4-3-5-15(13)18)17(11)12-6-8-16(2)9-7-12/h10,12,15,18H,3-9H2,1-2H3. The summed E-state index contributed by atoms with van der Waals surface area (Å²) in [5, 5.41) is 10.1. The number of aryl methyl sites for hydroxylation is 1. The molecule has 1 fully saturated rings. The van der Waals surface area contributed by atoms with Gasteiger partial charge in [0.05, 0.1) is 6.10 Å². The van der Waals surface area contributed by atoms with Crippen LogP contribution in [-0.2, 0) is 6.42 Å². The molecule has 0 bridgehead atoms. The zero-order valence-electron chi connectivity index (χ0n) is 11.5. The summed E-state index contributed by atoms with van der Waals surface area (Å²) < 4.78 is 2.53. The smallest absolute Gasteiger partial charge is 0.0807 e. The number of hydrogen-bond acceptors (Lipinski definition) is 2. The van der Waals surface area contributed by atoms with Crippen LogP contribution < -0.4 is 0 Å². The Morgan fingerprint density at radius 2 is 1.94 bits per heavy atom. The number of aliphatic hydroxyl groups excluding tert-OH is 1. The predicted molar refractivity (Wildman–Crippen MR) is 72.8 cm³/mol. The van der Waals surface area contributed by atoms with Crippen LogP contribution in [0.1, 0.15) is 54.8 Å². The van der Waals surface area contributed by atoms with Crippen LogP contribution in [0.5, 0.6) is 0 Å². The third-order valence-corrected chi connectivity index (χ3v) is 4.67. The van der Waals surface area contributed by atoms with E-state index in [2.05, 4.69) is 29.5 Å². The molecule has 2 aliphatic rings. The summed E-state index contributed by atoms with van der Waals surface area (Å²) in [6.07, 6.45) is 5.48. The van der Waals surface area contributed by atoms with Crippen LogP contribution in [0.15, 0.2) is 6.07 Å². The summed E-state index contributed by atoms with van der Waals surface area (Å²) in [6, 6.07) is 2.87. The molecule has 2 heterocycles. The van der Waals surface area contributed by atoms with Crippen LogP contribution in [0.4, 0.5) is 0 Å². The summed E-state index contributed by atoms with van der Waals surface area (Å²) in [7, 11) is 2.21. The van der Waals surface area contributed by atoms with Crippen LogP contribution in [0, 0.1) is 6.92 Å². The minimum Gasteiger partial charge on any atom is -0.388 e. The Morgan fingerprint density at radius 3 is 2.67 bits per heavy atom. The molecule has 0 saturated carbocycles. The first-order valence-electron chi connectivity index (χ1n) is 7.24. The van der Waals surface area contributed by atoms with E-state index in [-0.39, 0.29) is 6.10 Å². The number of fused-ring (bicyclic) bond motifs is 1. The summed E-state index contributed by atoms with van der Waals surface area (Å²) >= 11 is 0. The molecule has 1 aliphatic carbocycles. The average Bonchev–Trinajstić information content (AvgIpc) is 2.69. The van der Waals surface area contributed by atoms with E-state index in [9.17, 15) is 5.11 Å². The Kier molecular flexibility index (Phi) is 3.20. The summed E-state index contributed by atoms with van der Waals surface area (Å²) in [4.78, 5) is 2.41. The molecule has 1 N–H and O–H groups in total. The monoisotopic (exact) mass is 248 g/mol. The minimum absolute atomic E-state index is 0.222. The van der Waals surface area contributed by atoms with Crippen LogP contribution >= 0.6 is 0 Å². The lowest BCUT2D eigenvalue weighted by Crippen LogP contribution is -2.32. The van der Waals surface area contributed by atoms with Crippen molar-refractivity contribution in [3.05, 3.63) is 23.0 Å². The predicted octanol–water partition coefficient (Wildman–Crippen LogP) is 2.43. The van der Waals surface area contributed by atoms with E-state index in [1.54, 1.807) is 0 Å². The average molecular weight is 248 g/mol. The van der Waals surface area contributed by atoms with E-state index in [4.69, 9.17) is 0 Å². The van der Waals surface area contributed by atoms with Crippen LogP contribution in [0.3, 0.4) is 0 Å². The van der Waals surface area contributed by atoms with Gasteiger partial charge in [-0.3, -0.25) is 0 Å². The number of piperidine rings is 1. The molecule has 18 heavy (non-hydrogen) atoms. The highest BCUT2D eigenvalue weighted by atomic mass is 16.3. The lowest BCUT2D eigenvalue weighted by Gasteiger charge is -2.33. The van der Waals surface area contributed by atoms with Crippen LogP contribution in [0.25, 0.3) is 0 Å². The first-order valence-corrected chi connectivity index (χ1v) is 7.24. The van der Waals surface area contributed by atoms with Crippen LogP contribution in [0.2, 0.25) is 0 Å². The Morgan fingerprint density at radius 1 is 1.22 bits per heavy atom. The van der Waals surface area contributed by atoms with Gasteiger partial charge in [0.15, 0.2) is 0 Å². The van der Waals surface area contributed by atoms with E-state index in [0.717, 1.165) is 19.3 Å². The second kappa shape index (κ2) is 4.71. The van der Waals surface area contributed by atoms with Gasteiger partial charge in [-0.25, -0.2) is 0 Å². The number of aliphatic hydroxyl groups is 1. The quantitative estimate of drug-likeness (QED) is 0.827. The lowest BCUT2D eigenvalue weighted by molar-refractivity contribution is 0.154. The number of hydrogen-bond donors (Lipinski definition) is 1. The van der Waals surface area contributed by atoms with Gasteiger partial charge in [-0.2, -0.15) is 0 Å². The maximum Gasteiger partial charge on any atom is 0.0807 e. The van der Waals surface area contributed by atoms with Crippen LogP contribution in [-0.4, -0.2) is 34.7 Å². The van der Waals surface area contributed by atoms with Gasteiger partial charge in [0.2, 0.25) is 0 Å². The van der Waals surface area contributed by atoms with Gasteiger partial charge in [-0.1, -0.05) is 0 Å². The molecule has 0 aromatic carbocycles. The molecular formula is C15H24N2O. The summed E-state index contributed by atoms with van der Waals surface area (Å²) in [5.41, 5.74) is 3.97. The molecule has 1 saturated heterocycles. The number of likely N-dealkylation sites (tertiary alicyclic amines) is 1. The zero-order chi connectivity index (χ0) is 12.7. The molecule has 1 atom stereocenters. The number of nitrogens with zero attached hydrogens (tertiary/aromatic N) is 2. The first kappa shape index (κ1) is 12.2. The fourth-order valence-electron chi connectivity index (χ4n) is 3.66. The molecule has 3 rings (SSSR count). The highest BCUT2D eigenvalue weighted by molar-refractivity contribution is 5.32. The number of aromatic nitrogens is 1. The summed E-state index contributed by atoms with van der Waals surface area (Å²) in [5.74, 6) is 0. The van der Waals surface area contributed by atoms with Crippen molar-refractivity contribution in [3.8, 4) is 0 Å². The Hall–Kier alpha value is -0.800. The van der Waals surface area contributed by atoms with E-state index in [0.29, 0.717) is 6.04 Å². The highest BCUT2D eigenvalue weighted by Crippen LogP contribution is 2.36.